The highest BCUT2D eigenvalue weighted by atomic mass is 16.5. The topological polar surface area (TPSA) is 105 Å². The quantitative estimate of drug-likeness (QED) is 0.352. The molecule has 2 aliphatic carbocycles. The molecule has 0 N–H and O–H groups in total. The summed E-state index contributed by atoms with van der Waals surface area (Å²) in [5.41, 5.74) is 0. The van der Waals surface area contributed by atoms with Gasteiger partial charge in [0.05, 0.1) is 52.1 Å². The van der Waals surface area contributed by atoms with E-state index in [0.29, 0.717) is 12.8 Å². The van der Waals surface area contributed by atoms with Gasteiger partial charge in [-0.15, -0.1) is 0 Å². The Morgan fingerprint density at radius 1 is 0.531 bits per heavy atom. The Hall–Kier alpha value is -2.38. The maximum atomic E-state index is 11.4. The second kappa shape index (κ2) is 19.3. The molecule has 0 saturated heterocycles. The molecule has 2 rings (SSSR count). The number of rotatable bonds is 4. The van der Waals surface area contributed by atoms with Crippen molar-refractivity contribution in [2.45, 2.75) is 66.2 Å². The lowest BCUT2D eigenvalue weighted by Gasteiger charge is -2.27. The Kier molecular flexibility index (Phi) is 19.2. The molecule has 32 heavy (non-hydrogen) atoms. The first-order valence-corrected chi connectivity index (χ1v) is 11.4. The third kappa shape index (κ3) is 10.3. The van der Waals surface area contributed by atoms with Gasteiger partial charge in [-0.1, -0.05) is 52.7 Å². The summed E-state index contributed by atoms with van der Waals surface area (Å²) in [6.07, 6.45) is 8.29. The fourth-order valence-electron chi connectivity index (χ4n) is 3.64. The van der Waals surface area contributed by atoms with Crippen LogP contribution in [0.1, 0.15) is 66.2 Å². The molecule has 0 aliphatic heterocycles. The van der Waals surface area contributed by atoms with Gasteiger partial charge in [-0.2, -0.15) is 0 Å². The Balaban J connectivity index is 0. The number of allylic oxidation sites excluding steroid dienone is 2. The molecule has 0 aromatic carbocycles. The van der Waals surface area contributed by atoms with Crippen molar-refractivity contribution in [3.8, 4) is 0 Å². The van der Waals surface area contributed by atoms with Crippen LogP contribution in [0.2, 0.25) is 0 Å². The Morgan fingerprint density at radius 2 is 0.781 bits per heavy atom. The van der Waals surface area contributed by atoms with Crippen LogP contribution in [0, 0.1) is 23.7 Å². The van der Waals surface area contributed by atoms with E-state index in [1.807, 2.05) is 39.8 Å². The Bertz CT molecular complexity index is 535. The summed E-state index contributed by atoms with van der Waals surface area (Å²) in [6, 6.07) is 0. The lowest BCUT2D eigenvalue weighted by atomic mass is 9.79. The van der Waals surface area contributed by atoms with E-state index in [4.69, 9.17) is 0 Å². The van der Waals surface area contributed by atoms with E-state index in [1.165, 1.54) is 28.4 Å². The second-order valence-electron chi connectivity index (χ2n) is 6.75. The molecule has 1 saturated carbocycles. The van der Waals surface area contributed by atoms with Crippen LogP contribution in [0.3, 0.4) is 0 Å². The largest absolute Gasteiger partial charge is 0.469 e. The molecule has 4 unspecified atom stereocenters. The first kappa shape index (κ1) is 31.8. The molecule has 8 nitrogen and oxygen atoms in total. The van der Waals surface area contributed by atoms with E-state index < -0.39 is 11.8 Å². The van der Waals surface area contributed by atoms with Crippen molar-refractivity contribution >= 4 is 23.9 Å². The highest BCUT2D eigenvalue weighted by molar-refractivity contribution is 5.83. The molecule has 0 heterocycles. The van der Waals surface area contributed by atoms with Crippen LogP contribution in [0.4, 0.5) is 0 Å². The van der Waals surface area contributed by atoms with Crippen LogP contribution in [-0.4, -0.2) is 52.3 Å². The van der Waals surface area contributed by atoms with Gasteiger partial charge in [0.1, 0.15) is 0 Å². The van der Waals surface area contributed by atoms with E-state index in [0.717, 1.165) is 25.7 Å². The summed E-state index contributed by atoms with van der Waals surface area (Å²) in [5, 5.41) is 0. The maximum Gasteiger partial charge on any atom is 0.309 e. The lowest BCUT2D eigenvalue weighted by Crippen LogP contribution is -2.34. The van der Waals surface area contributed by atoms with Crippen LogP contribution in [0.15, 0.2) is 12.2 Å². The molecule has 2 aliphatic rings. The molecule has 4 atom stereocenters. The summed E-state index contributed by atoms with van der Waals surface area (Å²) < 4.78 is 18.6. The Morgan fingerprint density at radius 3 is 1.03 bits per heavy atom. The predicted molar refractivity (Wildman–Crippen MR) is 122 cm³/mol. The van der Waals surface area contributed by atoms with Crippen molar-refractivity contribution in [1.82, 2.24) is 0 Å². The zero-order valence-corrected chi connectivity index (χ0v) is 21.0. The smallest absolute Gasteiger partial charge is 0.309 e. The summed E-state index contributed by atoms with van der Waals surface area (Å²) in [4.78, 5) is 45.4. The molecule has 0 radical (unpaired) electrons. The molecule has 1 fully saturated rings. The van der Waals surface area contributed by atoms with E-state index in [9.17, 15) is 19.2 Å². The first-order valence-electron chi connectivity index (χ1n) is 11.4. The second-order valence-corrected chi connectivity index (χ2v) is 6.75. The van der Waals surface area contributed by atoms with Crippen molar-refractivity contribution < 1.29 is 38.1 Å². The molecule has 0 aromatic rings. The minimum atomic E-state index is -0.391. The molecule has 0 aromatic heterocycles. The number of carbonyl (C=O) groups is 4. The number of hydrogen-bond acceptors (Lipinski definition) is 8. The van der Waals surface area contributed by atoms with Gasteiger partial charge < -0.3 is 18.9 Å². The van der Waals surface area contributed by atoms with Crippen molar-refractivity contribution in [1.29, 1.82) is 0 Å². The average Bonchev–Trinajstić information content (AvgIpc) is 2.89. The fraction of sp³-hybridized carbons (Fsp3) is 0.750. The van der Waals surface area contributed by atoms with Crippen molar-refractivity contribution in [3.05, 3.63) is 12.2 Å². The third-order valence-electron chi connectivity index (χ3n) is 5.21. The molecule has 8 heteroatoms. The molecular weight excluding hydrogens is 416 g/mol. The zero-order valence-electron chi connectivity index (χ0n) is 21.0. The minimum absolute atomic E-state index is 0.292. The number of methoxy groups -OCH3 is 4. The third-order valence-corrected chi connectivity index (χ3v) is 5.21. The Labute approximate surface area is 193 Å². The number of hydrogen-bond donors (Lipinski definition) is 0. The van der Waals surface area contributed by atoms with Gasteiger partial charge in [-0.05, 0) is 25.7 Å². The van der Waals surface area contributed by atoms with Crippen molar-refractivity contribution in [2.24, 2.45) is 23.7 Å². The number of esters is 4. The predicted octanol–water partition coefficient (Wildman–Crippen LogP) is 4.11. The van der Waals surface area contributed by atoms with Crippen LogP contribution < -0.4 is 0 Å². The highest BCUT2D eigenvalue weighted by Gasteiger charge is 2.37. The summed E-state index contributed by atoms with van der Waals surface area (Å²) in [7, 11) is 5.36. The number of carbonyl (C=O) groups excluding carboxylic acids is 4. The first-order chi connectivity index (χ1) is 15.4. The lowest BCUT2D eigenvalue weighted by molar-refractivity contribution is -0.159. The van der Waals surface area contributed by atoms with Crippen LogP contribution in [0.25, 0.3) is 0 Å². The van der Waals surface area contributed by atoms with E-state index in [1.54, 1.807) is 0 Å². The van der Waals surface area contributed by atoms with Crippen molar-refractivity contribution in [2.75, 3.05) is 28.4 Å². The van der Waals surface area contributed by atoms with E-state index in [-0.39, 0.29) is 35.7 Å². The van der Waals surface area contributed by atoms with Crippen LogP contribution in [-0.2, 0) is 38.1 Å². The van der Waals surface area contributed by atoms with Gasteiger partial charge >= 0.3 is 23.9 Å². The van der Waals surface area contributed by atoms with Crippen LogP contribution in [0.5, 0.6) is 0 Å². The molecule has 0 bridgehead atoms. The minimum Gasteiger partial charge on any atom is -0.469 e. The highest BCUT2D eigenvalue weighted by Crippen LogP contribution is 2.31. The van der Waals surface area contributed by atoms with Gasteiger partial charge in [0.15, 0.2) is 0 Å². The molecule has 186 valence electrons. The SMILES string of the molecule is CC.CC.COC(=O)C1CC=CCC1C(=O)OC.COC(=O)C1CCCCC1C(=O)OC. The molecule has 0 spiro atoms. The standard InChI is InChI=1S/C10H16O4.C10H14O4.2C2H6/c2*1-13-9(11)7-5-3-4-6-8(7)10(12)14-2;2*1-2/h7-8H,3-6H2,1-2H3;3-4,7-8H,5-6H2,1-2H3;2*1-2H3. The molecule has 0 amide bonds. The normalized spacial score (nSPS) is 23.2. The van der Waals surface area contributed by atoms with Gasteiger partial charge in [0.25, 0.3) is 0 Å². The van der Waals surface area contributed by atoms with Gasteiger partial charge in [0, 0.05) is 0 Å². The van der Waals surface area contributed by atoms with E-state index in [2.05, 4.69) is 18.9 Å². The monoisotopic (exact) mass is 458 g/mol. The summed E-state index contributed by atoms with van der Waals surface area (Å²) >= 11 is 0. The zero-order chi connectivity index (χ0) is 25.1. The average molecular weight is 459 g/mol. The van der Waals surface area contributed by atoms with Crippen molar-refractivity contribution in [3.63, 3.8) is 0 Å². The maximum absolute atomic E-state index is 11.4. The van der Waals surface area contributed by atoms with Gasteiger partial charge in [-0.3, -0.25) is 19.2 Å². The van der Waals surface area contributed by atoms with Crippen LogP contribution >= 0.6 is 0 Å². The summed E-state index contributed by atoms with van der Waals surface area (Å²) in [6.45, 7) is 8.00. The van der Waals surface area contributed by atoms with Gasteiger partial charge in [0.2, 0.25) is 0 Å². The number of ether oxygens (including phenoxy) is 4. The fourth-order valence-corrected chi connectivity index (χ4v) is 3.64. The van der Waals surface area contributed by atoms with Gasteiger partial charge in [-0.25, -0.2) is 0 Å². The summed E-state index contributed by atoms with van der Waals surface area (Å²) in [5.74, 6) is -2.66. The van der Waals surface area contributed by atoms with E-state index >= 15 is 0 Å². The molecular formula is C24H42O8.